The highest BCUT2D eigenvalue weighted by atomic mass is 16.5. The van der Waals surface area contributed by atoms with Crippen molar-refractivity contribution in [2.45, 2.75) is 39.3 Å². The van der Waals surface area contributed by atoms with Crippen LogP contribution in [-0.2, 0) is 20.8 Å². The van der Waals surface area contributed by atoms with E-state index in [0.717, 1.165) is 30.7 Å². The number of rotatable bonds is 10. The van der Waals surface area contributed by atoms with Crippen molar-refractivity contribution in [3.05, 3.63) is 29.8 Å². The quantitative estimate of drug-likeness (QED) is 0.649. The molecule has 5 nitrogen and oxygen atoms in total. The molecule has 5 heteroatoms. The summed E-state index contributed by atoms with van der Waals surface area (Å²) < 4.78 is 10.8. The van der Waals surface area contributed by atoms with E-state index in [2.05, 4.69) is 12.2 Å². The number of carbonyl (C=O) groups excluding carboxylic acids is 1. The van der Waals surface area contributed by atoms with Crippen molar-refractivity contribution >= 4 is 11.6 Å². The van der Waals surface area contributed by atoms with Crippen LogP contribution in [-0.4, -0.2) is 31.8 Å². The molecule has 1 amide bonds. The summed E-state index contributed by atoms with van der Waals surface area (Å²) in [6, 6.07) is 7.45. The van der Waals surface area contributed by atoms with E-state index >= 15 is 0 Å². The first-order chi connectivity index (χ1) is 10.2. The Morgan fingerprint density at radius 1 is 1.24 bits per heavy atom. The second-order valence-corrected chi connectivity index (χ2v) is 4.87. The van der Waals surface area contributed by atoms with Crippen LogP contribution in [0, 0.1) is 0 Å². The molecule has 0 spiro atoms. The van der Waals surface area contributed by atoms with Crippen molar-refractivity contribution in [2.75, 3.05) is 25.1 Å². The van der Waals surface area contributed by atoms with E-state index in [0.29, 0.717) is 19.8 Å². The van der Waals surface area contributed by atoms with E-state index in [1.165, 1.54) is 0 Å². The van der Waals surface area contributed by atoms with Gasteiger partial charge in [-0.3, -0.25) is 4.79 Å². The second-order valence-electron chi connectivity index (χ2n) is 4.87. The minimum atomic E-state index is -0.506. The van der Waals surface area contributed by atoms with Gasteiger partial charge in [0.25, 0.3) is 5.91 Å². The lowest BCUT2D eigenvalue weighted by Crippen LogP contribution is -2.28. The van der Waals surface area contributed by atoms with Gasteiger partial charge in [0.1, 0.15) is 6.10 Å². The third-order valence-corrected chi connectivity index (χ3v) is 3.06. The molecule has 118 valence electrons. The number of hydrogen-bond acceptors (Lipinski definition) is 4. The normalized spacial score (nSPS) is 12.1. The summed E-state index contributed by atoms with van der Waals surface area (Å²) in [7, 11) is 0. The minimum absolute atomic E-state index is 0.163. The third-order valence-electron chi connectivity index (χ3n) is 3.06. The molecule has 3 N–H and O–H groups in total. The number of unbranched alkanes of at least 4 members (excludes halogenated alkanes) is 1. The Morgan fingerprint density at radius 3 is 2.57 bits per heavy atom. The molecular weight excluding hydrogens is 268 g/mol. The van der Waals surface area contributed by atoms with Crippen LogP contribution in [0.25, 0.3) is 0 Å². The number of anilines is 1. The Balaban J connectivity index is 2.23. The maximum Gasteiger partial charge on any atom is 0.253 e. The summed E-state index contributed by atoms with van der Waals surface area (Å²) in [5, 5.41) is 2.81. The zero-order chi connectivity index (χ0) is 15.5. The molecular formula is C16H26N2O3. The van der Waals surface area contributed by atoms with Gasteiger partial charge in [0, 0.05) is 18.8 Å². The van der Waals surface area contributed by atoms with Crippen molar-refractivity contribution < 1.29 is 14.3 Å². The first kappa shape index (κ1) is 17.6. The Bertz CT molecular complexity index is 406. The lowest BCUT2D eigenvalue weighted by Gasteiger charge is -2.13. The number of ether oxygens (including phenoxy) is 2. The van der Waals surface area contributed by atoms with Crippen LogP contribution in [0.4, 0.5) is 5.69 Å². The highest BCUT2D eigenvalue weighted by molar-refractivity contribution is 5.93. The van der Waals surface area contributed by atoms with Gasteiger partial charge in [0.2, 0.25) is 0 Å². The first-order valence-corrected chi connectivity index (χ1v) is 7.46. The summed E-state index contributed by atoms with van der Waals surface area (Å²) in [5.41, 5.74) is 7.30. The van der Waals surface area contributed by atoms with Crippen LogP contribution < -0.4 is 11.1 Å². The van der Waals surface area contributed by atoms with Gasteiger partial charge < -0.3 is 20.5 Å². The summed E-state index contributed by atoms with van der Waals surface area (Å²) >= 11 is 0. The molecule has 0 radical (unpaired) electrons. The summed E-state index contributed by atoms with van der Waals surface area (Å²) in [4.78, 5) is 11.9. The molecule has 0 saturated heterocycles. The van der Waals surface area contributed by atoms with E-state index in [1.807, 2.05) is 24.3 Å². The van der Waals surface area contributed by atoms with Gasteiger partial charge in [0.05, 0.1) is 13.2 Å². The van der Waals surface area contributed by atoms with Gasteiger partial charge in [-0.1, -0.05) is 25.5 Å². The smallest absolute Gasteiger partial charge is 0.253 e. The molecule has 1 aromatic carbocycles. The molecule has 1 rings (SSSR count). The van der Waals surface area contributed by atoms with Gasteiger partial charge >= 0.3 is 0 Å². The minimum Gasteiger partial charge on any atom is -0.379 e. The molecule has 0 aliphatic rings. The van der Waals surface area contributed by atoms with Gasteiger partial charge in [-0.15, -0.1) is 0 Å². The predicted octanol–water partition coefficient (Wildman–Crippen LogP) is 2.31. The molecule has 0 aliphatic carbocycles. The number of carbonyl (C=O) groups is 1. The molecule has 0 fully saturated rings. The third kappa shape index (κ3) is 7.22. The van der Waals surface area contributed by atoms with E-state index < -0.39 is 6.10 Å². The molecule has 0 heterocycles. The van der Waals surface area contributed by atoms with Crippen molar-refractivity contribution in [2.24, 2.45) is 5.73 Å². The fourth-order valence-electron chi connectivity index (χ4n) is 1.68. The van der Waals surface area contributed by atoms with Gasteiger partial charge in [-0.25, -0.2) is 0 Å². The SMILES string of the molecule is CCCCOCCOC(C)C(=O)Nc1ccc(CN)cc1. The molecule has 0 aliphatic heterocycles. The maximum atomic E-state index is 11.9. The molecule has 1 atom stereocenters. The molecule has 0 saturated carbocycles. The Hall–Kier alpha value is -1.43. The monoisotopic (exact) mass is 294 g/mol. The van der Waals surface area contributed by atoms with Crippen LogP contribution in [0.15, 0.2) is 24.3 Å². The molecule has 1 aromatic rings. The van der Waals surface area contributed by atoms with Crippen molar-refractivity contribution in [1.82, 2.24) is 0 Å². The molecule has 0 aromatic heterocycles. The highest BCUT2D eigenvalue weighted by Gasteiger charge is 2.13. The fourth-order valence-corrected chi connectivity index (χ4v) is 1.68. The average Bonchev–Trinajstić information content (AvgIpc) is 2.51. The second kappa shape index (κ2) is 10.3. The van der Waals surface area contributed by atoms with E-state index in [1.54, 1.807) is 6.92 Å². The van der Waals surface area contributed by atoms with E-state index in [-0.39, 0.29) is 5.91 Å². The van der Waals surface area contributed by atoms with E-state index in [9.17, 15) is 4.79 Å². The Morgan fingerprint density at radius 2 is 1.95 bits per heavy atom. The zero-order valence-electron chi connectivity index (χ0n) is 12.9. The van der Waals surface area contributed by atoms with Gasteiger partial charge in [-0.05, 0) is 31.0 Å². The average molecular weight is 294 g/mol. The van der Waals surface area contributed by atoms with Crippen molar-refractivity contribution in [3.8, 4) is 0 Å². The van der Waals surface area contributed by atoms with Crippen molar-refractivity contribution in [1.29, 1.82) is 0 Å². The topological polar surface area (TPSA) is 73.6 Å². The lowest BCUT2D eigenvalue weighted by atomic mass is 10.2. The molecule has 21 heavy (non-hydrogen) atoms. The van der Waals surface area contributed by atoms with Crippen molar-refractivity contribution in [3.63, 3.8) is 0 Å². The van der Waals surface area contributed by atoms with Gasteiger partial charge in [0.15, 0.2) is 0 Å². The van der Waals surface area contributed by atoms with E-state index in [4.69, 9.17) is 15.2 Å². The Labute approximate surface area is 126 Å². The largest absolute Gasteiger partial charge is 0.379 e. The molecule has 0 bridgehead atoms. The van der Waals surface area contributed by atoms with Crippen LogP contribution in [0.5, 0.6) is 0 Å². The summed E-state index contributed by atoms with van der Waals surface area (Å²) in [6.45, 7) is 6.02. The summed E-state index contributed by atoms with van der Waals surface area (Å²) in [5.74, 6) is -0.163. The fraction of sp³-hybridized carbons (Fsp3) is 0.562. The number of nitrogens with two attached hydrogens (primary N) is 1. The van der Waals surface area contributed by atoms with Crippen LogP contribution in [0.1, 0.15) is 32.3 Å². The maximum absolute atomic E-state index is 11.9. The highest BCUT2D eigenvalue weighted by Crippen LogP contribution is 2.10. The number of hydrogen-bond donors (Lipinski definition) is 2. The number of nitrogens with one attached hydrogen (secondary N) is 1. The van der Waals surface area contributed by atoms with Crippen LogP contribution in [0.3, 0.4) is 0 Å². The standard InChI is InChI=1S/C16H26N2O3/c1-3-4-9-20-10-11-21-13(2)16(19)18-15-7-5-14(12-17)6-8-15/h5-8,13H,3-4,9-12,17H2,1-2H3,(H,18,19). The zero-order valence-corrected chi connectivity index (χ0v) is 12.9. The lowest BCUT2D eigenvalue weighted by molar-refractivity contribution is -0.127. The first-order valence-electron chi connectivity index (χ1n) is 7.46. The van der Waals surface area contributed by atoms with Crippen LogP contribution >= 0.6 is 0 Å². The Kier molecular flexibility index (Phi) is 8.66. The number of amides is 1. The predicted molar refractivity (Wildman–Crippen MR) is 84.1 cm³/mol. The number of benzene rings is 1. The molecule has 1 unspecified atom stereocenters. The summed E-state index contributed by atoms with van der Waals surface area (Å²) in [6.07, 6.45) is 1.66. The van der Waals surface area contributed by atoms with Gasteiger partial charge in [-0.2, -0.15) is 0 Å². The van der Waals surface area contributed by atoms with Crippen LogP contribution in [0.2, 0.25) is 0 Å².